The standard InChI is InChI=1S/C18H17ClF3N3O5S/c19-16-3-2-14(10-15(16)18(20,21)22)31(29,30)24-7-5-23(6-8-24)11-12-9-13(25(27)28)1-4-17(12)26/h1-4,9-10,26H,5-8,11H2. The minimum atomic E-state index is -4.79. The van der Waals surface area contributed by atoms with Gasteiger partial charge in [-0.2, -0.15) is 17.5 Å². The highest BCUT2D eigenvalue weighted by molar-refractivity contribution is 7.89. The highest BCUT2D eigenvalue weighted by Crippen LogP contribution is 2.36. The van der Waals surface area contributed by atoms with Crippen LogP contribution in [0.4, 0.5) is 18.9 Å². The molecule has 0 spiro atoms. The molecule has 8 nitrogen and oxygen atoms in total. The molecule has 1 fully saturated rings. The Labute approximate surface area is 180 Å². The molecule has 31 heavy (non-hydrogen) atoms. The van der Waals surface area contributed by atoms with Gasteiger partial charge in [0.05, 0.1) is 20.4 Å². The van der Waals surface area contributed by atoms with E-state index in [4.69, 9.17) is 11.6 Å². The number of piperazine rings is 1. The predicted molar refractivity (Wildman–Crippen MR) is 105 cm³/mol. The van der Waals surface area contributed by atoms with E-state index in [2.05, 4.69) is 0 Å². The Bertz CT molecular complexity index is 1100. The molecule has 0 atom stereocenters. The van der Waals surface area contributed by atoms with Gasteiger partial charge in [0.1, 0.15) is 5.75 Å². The highest BCUT2D eigenvalue weighted by atomic mass is 35.5. The molecule has 0 aromatic heterocycles. The number of sulfonamides is 1. The van der Waals surface area contributed by atoms with E-state index < -0.39 is 36.6 Å². The summed E-state index contributed by atoms with van der Waals surface area (Å²) in [6.45, 7) is 0.604. The van der Waals surface area contributed by atoms with E-state index in [0.717, 1.165) is 16.4 Å². The fraction of sp³-hybridized carbons (Fsp3) is 0.333. The molecule has 1 aliphatic heterocycles. The molecule has 0 bridgehead atoms. The number of benzene rings is 2. The zero-order chi connectivity index (χ0) is 23.0. The van der Waals surface area contributed by atoms with E-state index in [1.165, 1.54) is 18.2 Å². The first-order chi connectivity index (χ1) is 14.4. The molecule has 1 aliphatic rings. The van der Waals surface area contributed by atoms with Crippen LogP contribution in [0.1, 0.15) is 11.1 Å². The lowest BCUT2D eigenvalue weighted by Crippen LogP contribution is -2.48. The Morgan fingerprint density at radius 3 is 2.32 bits per heavy atom. The van der Waals surface area contributed by atoms with E-state index in [1.807, 2.05) is 0 Å². The number of nitrogens with zero attached hydrogens (tertiary/aromatic N) is 3. The summed E-state index contributed by atoms with van der Waals surface area (Å²) >= 11 is 5.56. The Morgan fingerprint density at radius 2 is 1.74 bits per heavy atom. The second-order valence-electron chi connectivity index (χ2n) is 6.89. The van der Waals surface area contributed by atoms with Crippen LogP contribution in [0.15, 0.2) is 41.3 Å². The summed E-state index contributed by atoms with van der Waals surface area (Å²) in [4.78, 5) is 11.6. The SMILES string of the molecule is O=[N+]([O-])c1ccc(O)c(CN2CCN(S(=O)(=O)c3ccc(Cl)c(C(F)(F)F)c3)CC2)c1. The average molecular weight is 480 g/mol. The highest BCUT2D eigenvalue weighted by Gasteiger charge is 2.36. The predicted octanol–water partition coefficient (Wildman–Crippen LogP) is 3.48. The summed E-state index contributed by atoms with van der Waals surface area (Å²) in [6, 6.07) is 6.08. The van der Waals surface area contributed by atoms with Gasteiger partial charge >= 0.3 is 6.18 Å². The summed E-state index contributed by atoms with van der Waals surface area (Å²) < 4.78 is 65.9. The molecule has 0 radical (unpaired) electrons. The van der Waals surface area contributed by atoms with Crippen LogP contribution >= 0.6 is 11.6 Å². The third-order valence-corrected chi connectivity index (χ3v) is 7.10. The molecule has 13 heteroatoms. The zero-order valence-corrected chi connectivity index (χ0v) is 17.4. The van der Waals surface area contributed by atoms with Crippen LogP contribution in [-0.2, 0) is 22.7 Å². The molecule has 2 aromatic rings. The third-order valence-electron chi connectivity index (χ3n) is 4.88. The van der Waals surface area contributed by atoms with Crippen molar-refractivity contribution in [3.8, 4) is 5.75 Å². The normalized spacial score (nSPS) is 16.4. The first-order valence-corrected chi connectivity index (χ1v) is 10.8. The molecule has 0 aliphatic carbocycles. The Morgan fingerprint density at radius 1 is 1.10 bits per heavy atom. The van der Waals surface area contributed by atoms with Gasteiger partial charge in [-0.15, -0.1) is 0 Å². The quantitative estimate of drug-likeness (QED) is 0.520. The molecule has 1 N–H and O–H groups in total. The smallest absolute Gasteiger partial charge is 0.417 e. The van der Waals surface area contributed by atoms with Crippen molar-refractivity contribution < 1.29 is 31.6 Å². The Balaban J connectivity index is 1.72. The van der Waals surface area contributed by atoms with Crippen molar-refractivity contribution >= 4 is 27.3 Å². The number of nitro benzene ring substituents is 1. The number of hydrogen-bond donors (Lipinski definition) is 1. The molecule has 0 amide bonds. The van der Waals surface area contributed by atoms with Gasteiger partial charge < -0.3 is 5.11 Å². The van der Waals surface area contributed by atoms with Crippen LogP contribution in [0.5, 0.6) is 5.75 Å². The molecule has 0 saturated carbocycles. The van der Waals surface area contributed by atoms with Crippen molar-refractivity contribution in [3.05, 3.63) is 62.7 Å². The van der Waals surface area contributed by atoms with Gasteiger partial charge in [-0.3, -0.25) is 15.0 Å². The van der Waals surface area contributed by atoms with E-state index in [9.17, 15) is 36.8 Å². The van der Waals surface area contributed by atoms with Gasteiger partial charge in [-0.1, -0.05) is 11.6 Å². The zero-order valence-electron chi connectivity index (χ0n) is 15.8. The van der Waals surface area contributed by atoms with Crippen LogP contribution in [0.25, 0.3) is 0 Å². The van der Waals surface area contributed by atoms with Crippen molar-refractivity contribution in [2.24, 2.45) is 0 Å². The monoisotopic (exact) mass is 479 g/mol. The lowest BCUT2D eigenvalue weighted by molar-refractivity contribution is -0.385. The fourth-order valence-corrected chi connectivity index (χ4v) is 4.89. The summed E-state index contributed by atoms with van der Waals surface area (Å²) in [5.74, 6) is -0.124. The lowest BCUT2D eigenvalue weighted by Gasteiger charge is -2.34. The fourth-order valence-electron chi connectivity index (χ4n) is 3.21. The molecule has 168 valence electrons. The van der Waals surface area contributed by atoms with E-state index in [0.29, 0.717) is 11.6 Å². The summed E-state index contributed by atoms with van der Waals surface area (Å²) in [6.07, 6.45) is -4.79. The second-order valence-corrected chi connectivity index (χ2v) is 9.23. The number of nitro groups is 1. The second kappa shape index (κ2) is 8.61. The summed E-state index contributed by atoms with van der Waals surface area (Å²) in [7, 11) is -4.17. The number of phenols is 1. The number of non-ortho nitro benzene ring substituents is 1. The minimum Gasteiger partial charge on any atom is -0.508 e. The third kappa shape index (κ3) is 5.09. The molecular weight excluding hydrogens is 463 g/mol. The van der Waals surface area contributed by atoms with Crippen molar-refractivity contribution in [1.29, 1.82) is 0 Å². The Kier molecular flexibility index (Phi) is 6.46. The van der Waals surface area contributed by atoms with Crippen LogP contribution in [-0.4, -0.2) is 53.8 Å². The number of alkyl halides is 3. The maximum absolute atomic E-state index is 13.1. The van der Waals surface area contributed by atoms with Gasteiger partial charge in [0.2, 0.25) is 10.0 Å². The Hall–Kier alpha value is -2.41. The van der Waals surface area contributed by atoms with Crippen molar-refractivity contribution in [3.63, 3.8) is 0 Å². The number of hydrogen-bond acceptors (Lipinski definition) is 6. The summed E-state index contributed by atoms with van der Waals surface area (Å²) in [5, 5.41) is 20.3. The molecule has 0 unspecified atom stereocenters. The molecule has 3 rings (SSSR count). The van der Waals surface area contributed by atoms with Crippen LogP contribution in [0.3, 0.4) is 0 Å². The lowest BCUT2D eigenvalue weighted by atomic mass is 10.1. The first kappa shape index (κ1) is 23.3. The summed E-state index contributed by atoms with van der Waals surface area (Å²) in [5.41, 5.74) is -1.09. The van der Waals surface area contributed by atoms with Crippen LogP contribution < -0.4 is 0 Å². The number of aromatic hydroxyl groups is 1. The average Bonchev–Trinajstić information content (AvgIpc) is 2.69. The topological polar surface area (TPSA) is 104 Å². The largest absolute Gasteiger partial charge is 0.508 e. The molecule has 1 saturated heterocycles. The first-order valence-electron chi connectivity index (χ1n) is 8.95. The van der Waals surface area contributed by atoms with E-state index >= 15 is 0 Å². The van der Waals surface area contributed by atoms with Gasteiger partial charge in [0, 0.05) is 50.4 Å². The van der Waals surface area contributed by atoms with Gasteiger partial charge in [-0.25, -0.2) is 8.42 Å². The maximum atomic E-state index is 13.1. The molecule has 1 heterocycles. The van der Waals surface area contributed by atoms with Crippen LogP contribution in [0, 0.1) is 10.1 Å². The molecular formula is C18H17ClF3N3O5S. The van der Waals surface area contributed by atoms with Crippen molar-refractivity contribution in [2.75, 3.05) is 26.2 Å². The molecule has 2 aromatic carbocycles. The van der Waals surface area contributed by atoms with Gasteiger partial charge in [0.15, 0.2) is 0 Å². The van der Waals surface area contributed by atoms with Gasteiger partial charge in [-0.05, 0) is 24.3 Å². The van der Waals surface area contributed by atoms with Crippen molar-refractivity contribution in [2.45, 2.75) is 17.6 Å². The number of phenolic OH excluding ortho intramolecular Hbond substituents is 1. The van der Waals surface area contributed by atoms with Gasteiger partial charge in [0.25, 0.3) is 5.69 Å². The number of halogens is 4. The van der Waals surface area contributed by atoms with E-state index in [1.54, 1.807) is 4.90 Å². The minimum absolute atomic E-state index is 0.00198. The van der Waals surface area contributed by atoms with Crippen LogP contribution in [0.2, 0.25) is 5.02 Å². The van der Waals surface area contributed by atoms with Crippen molar-refractivity contribution in [1.82, 2.24) is 9.21 Å². The number of rotatable bonds is 5. The maximum Gasteiger partial charge on any atom is 0.417 e. The van der Waals surface area contributed by atoms with E-state index in [-0.39, 0.29) is 44.2 Å².